The minimum Gasteiger partial charge on any atom is -0.324 e. The largest absolute Gasteiger partial charge is 0.324 e. The van der Waals surface area contributed by atoms with E-state index in [-0.39, 0.29) is 11.1 Å². The number of rotatable bonds is 7. The average molecular weight is 366 g/mol. The minimum atomic E-state index is -0.949. The van der Waals surface area contributed by atoms with Gasteiger partial charge in [-0.3, -0.25) is 14.4 Å². The second-order valence-corrected chi connectivity index (χ2v) is 6.87. The Morgan fingerprint density at radius 1 is 0.926 bits per heavy atom. The number of carbonyl (C=O) groups excluding carboxylic acids is 3. The third-order valence-electron chi connectivity index (χ3n) is 4.33. The lowest BCUT2D eigenvalue weighted by molar-refractivity contribution is -0.156. The van der Waals surface area contributed by atoms with Crippen LogP contribution in [0, 0.1) is 5.92 Å². The van der Waals surface area contributed by atoms with Crippen molar-refractivity contribution in [1.29, 1.82) is 0 Å². The molecule has 1 N–H and O–H groups in total. The van der Waals surface area contributed by atoms with Crippen molar-refractivity contribution in [3.63, 3.8) is 0 Å². The molecule has 1 aliphatic heterocycles. The number of benzene rings is 2. The summed E-state index contributed by atoms with van der Waals surface area (Å²) in [6.45, 7) is 4.07. The minimum absolute atomic E-state index is 0.286. The van der Waals surface area contributed by atoms with Crippen LogP contribution in [0.5, 0.6) is 0 Å². The molecular weight excluding hydrogens is 344 g/mol. The summed E-state index contributed by atoms with van der Waals surface area (Å²) in [5.74, 6) is -1.13. The number of anilines is 1. The molecule has 6 nitrogen and oxygen atoms in total. The molecule has 1 atom stereocenters. The Morgan fingerprint density at radius 3 is 2.04 bits per heavy atom. The van der Waals surface area contributed by atoms with E-state index < -0.39 is 23.8 Å². The summed E-state index contributed by atoms with van der Waals surface area (Å²) in [7, 11) is 0. The first-order valence-corrected chi connectivity index (χ1v) is 8.98. The van der Waals surface area contributed by atoms with Gasteiger partial charge in [0.1, 0.15) is 0 Å². The van der Waals surface area contributed by atoms with E-state index in [1.165, 1.54) is 0 Å². The lowest BCUT2D eigenvalue weighted by Gasteiger charge is -2.22. The first-order valence-electron chi connectivity index (χ1n) is 8.98. The Hall–Kier alpha value is -2.99. The third kappa shape index (κ3) is 4.23. The molecule has 0 aromatic heterocycles. The maximum Gasteiger partial charge on any atom is 0.285 e. The molecule has 0 spiro atoms. The molecule has 6 heteroatoms. The van der Waals surface area contributed by atoms with Gasteiger partial charge in [0.05, 0.1) is 11.1 Å². The summed E-state index contributed by atoms with van der Waals surface area (Å²) in [5, 5.41) is 3.49. The second-order valence-electron chi connectivity index (χ2n) is 6.87. The van der Waals surface area contributed by atoms with E-state index in [9.17, 15) is 14.4 Å². The molecule has 1 aliphatic rings. The number of hydroxylamine groups is 2. The molecule has 2 aromatic carbocycles. The number of nitrogens with zero attached hydrogens (tertiary/aromatic N) is 1. The van der Waals surface area contributed by atoms with Crippen molar-refractivity contribution in [1.82, 2.24) is 5.06 Å². The van der Waals surface area contributed by atoms with Crippen molar-refractivity contribution in [3.8, 4) is 0 Å². The van der Waals surface area contributed by atoms with Crippen molar-refractivity contribution in [2.24, 2.45) is 5.92 Å². The molecule has 3 amide bonds. The van der Waals surface area contributed by atoms with Gasteiger partial charge in [-0.15, -0.1) is 5.06 Å². The molecule has 3 rings (SSSR count). The van der Waals surface area contributed by atoms with E-state index in [0.717, 1.165) is 6.42 Å². The van der Waals surface area contributed by atoms with E-state index in [1.54, 1.807) is 36.4 Å². The van der Waals surface area contributed by atoms with Gasteiger partial charge in [0, 0.05) is 5.69 Å². The molecule has 140 valence electrons. The first kappa shape index (κ1) is 18.8. The Kier molecular flexibility index (Phi) is 5.66. The standard InChI is InChI=1S/C21H22N2O4/c1-14(2)12-13-18(19(24)22-15-8-4-3-5-9-15)27-23-20(25)16-10-6-7-11-17(16)21(23)26/h3-11,14,18H,12-13H2,1-2H3,(H,22,24)/t18-/m1/s1. The number of hydrogen-bond donors (Lipinski definition) is 1. The highest BCUT2D eigenvalue weighted by atomic mass is 16.7. The highest BCUT2D eigenvalue weighted by Crippen LogP contribution is 2.25. The number of hydrogen-bond acceptors (Lipinski definition) is 4. The zero-order valence-corrected chi connectivity index (χ0v) is 15.3. The van der Waals surface area contributed by atoms with Gasteiger partial charge in [-0.05, 0) is 43.0 Å². The fraction of sp³-hybridized carbons (Fsp3) is 0.286. The summed E-state index contributed by atoms with van der Waals surface area (Å²) in [6.07, 6.45) is 0.162. The number of carbonyl (C=O) groups is 3. The van der Waals surface area contributed by atoms with E-state index in [0.29, 0.717) is 23.1 Å². The fourth-order valence-corrected chi connectivity index (χ4v) is 2.85. The maximum atomic E-state index is 12.7. The van der Waals surface area contributed by atoms with Crippen LogP contribution in [0.2, 0.25) is 0 Å². The number of amides is 3. The Balaban J connectivity index is 1.76. The zero-order valence-electron chi connectivity index (χ0n) is 15.3. The highest BCUT2D eigenvalue weighted by molar-refractivity contribution is 6.20. The number of imide groups is 1. The average Bonchev–Trinajstić information content (AvgIpc) is 2.90. The van der Waals surface area contributed by atoms with Crippen LogP contribution < -0.4 is 5.32 Å². The lowest BCUT2D eigenvalue weighted by Crippen LogP contribution is -2.40. The Bertz CT molecular complexity index is 813. The van der Waals surface area contributed by atoms with E-state index >= 15 is 0 Å². The SMILES string of the molecule is CC(C)CC[C@@H](ON1C(=O)c2ccccc2C1=O)C(=O)Nc1ccccc1. The molecule has 0 radical (unpaired) electrons. The molecule has 1 heterocycles. The first-order chi connectivity index (χ1) is 13.0. The lowest BCUT2D eigenvalue weighted by atomic mass is 10.0. The molecule has 0 bridgehead atoms. The summed E-state index contributed by atoms with van der Waals surface area (Å²) in [4.78, 5) is 43.4. The van der Waals surface area contributed by atoms with Crippen molar-refractivity contribution < 1.29 is 19.2 Å². The van der Waals surface area contributed by atoms with Crippen LogP contribution in [0.3, 0.4) is 0 Å². The molecule has 0 saturated heterocycles. The van der Waals surface area contributed by atoms with Gasteiger partial charge in [-0.2, -0.15) is 0 Å². The predicted octanol–water partition coefficient (Wildman–Crippen LogP) is 3.66. The summed E-state index contributed by atoms with van der Waals surface area (Å²) in [5.41, 5.74) is 1.20. The molecule has 0 saturated carbocycles. The van der Waals surface area contributed by atoms with Crippen LogP contribution in [0.15, 0.2) is 54.6 Å². The van der Waals surface area contributed by atoms with Gasteiger partial charge < -0.3 is 5.32 Å². The van der Waals surface area contributed by atoms with Gasteiger partial charge in [0.2, 0.25) is 0 Å². The van der Waals surface area contributed by atoms with Crippen molar-refractivity contribution >= 4 is 23.4 Å². The molecule has 0 aliphatic carbocycles. The quantitative estimate of drug-likeness (QED) is 0.759. The predicted molar refractivity (Wildman–Crippen MR) is 101 cm³/mol. The van der Waals surface area contributed by atoms with E-state index in [4.69, 9.17) is 4.84 Å². The number of fused-ring (bicyclic) bond motifs is 1. The summed E-state index contributed by atoms with van der Waals surface area (Å²) in [6, 6.07) is 15.5. The second kappa shape index (κ2) is 8.14. The third-order valence-corrected chi connectivity index (χ3v) is 4.33. The van der Waals surface area contributed by atoms with Crippen LogP contribution >= 0.6 is 0 Å². The van der Waals surface area contributed by atoms with E-state index in [1.807, 2.05) is 32.0 Å². The highest BCUT2D eigenvalue weighted by Gasteiger charge is 2.39. The normalized spacial score (nSPS) is 14.4. The Morgan fingerprint density at radius 2 is 1.48 bits per heavy atom. The van der Waals surface area contributed by atoms with Crippen molar-refractivity contribution in [3.05, 3.63) is 65.7 Å². The summed E-state index contributed by atoms with van der Waals surface area (Å²) < 4.78 is 0. The van der Waals surface area contributed by atoms with Gasteiger partial charge in [0.15, 0.2) is 6.10 Å². The smallest absolute Gasteiger partial charge is 0.285 e. The monoisotopic (exact) mass is 366 g/mol. The van der Waals surface area contributed by atoms with E-state index in [2.05, 4.69) is 5.32 Å². The number of nitrogens with one attached hydrogen (secondary N) is 1. The van der Waals surface area contributed by atoms with Gasteiger partial charge in [-0.25, -0.2) is 4.84 Å². The van der Waals surface area contributed by atoms with Crippen LogP contribution in [0.1, 0.15) is 47.4 Å². The van der Waals surface area contributed by atoms with Gasteiger partial charge >= 0.3 is 0 Å². The topological polar surface area (TPSA) is 75.7 Å². The van der Waals surface area contributed by atoms with Gasteiger partial charge in [-0.1, -0.05) is 44.2 Å². The molecule has 0 fully saturated rings. The Labute approximate surface area is 158 Å². The number of para-hydroxylation sites is 1. The van der Waals surface area contributed by atoms with Crippen molar-refractivity contribution in [2.45, 2.75) is 32.8 Å². The fourth-order valence-electron chi connectivity index (χ4n) is 2.85. The maximum absolute atomic E-state index is 12.7. The van der Waals surface area contributed by atoms with Crippen LogP contribution in [-0.2, 0) is 9.63 Å². The zero-order chi connectivity index (χ0) is 19.4. The molecule has 27 heavy (non-hydrogen) atoms. The molecular formula is C21H22N2O4. The summed E-state index contributed by atoms with van der Waals surface area (Å²) >= 11 is 0. The molecule has 0 unspecified atom stereocenters. The van der Waals surface area contributed by atoms with Gasteiger partial charge in [0.25, 0.3) is 17.7 Å². The van der Waals surface area contributed by atoms with Crippen molar-refractivity contribution in [2.75, 3.05) is 5.32 Å². The van der Waals surface area contributed by atoms with Crippen LogP contribution in [-0.4, -0.2) is 28.9 Å². The van der Waals surface area contributed by atoms with Crippen LogP contribution in [0.25, 0.3) is 0 Å². The van der Waals surface area contributed by atoms with Crippen LogP contribution in [0.4, 0.5) is 5.69 Å². The molecule has 2 aromatic rings.